The fourth-order valence-electron chi connectivity index (χ4n) is 1.75. The molecule has 0 atom stereocenters. The van der Waals surface area contributed by atoms with E-state index in [0.717, 1.165) is 18.5 Å². The minimum absolute atomic E-state index is 0.163. The molecule has 1 amide bonds. The Morgan fingerprint density at radius 3 is 2.85 bits per heavy atom. The van der Waals surface area contributed by atoms with Gasteiger partial charge in [0.05, 0.1) is 0 Å². The molecule has 20 heavy (non-hydrogen) atoms. The van der Waals surface area contributed by atoms with Gasteiger partial charge >= 0.3 is 0 Å². The van der Waals surface area contributed by atoms with Gasteiger partial charge in [0.1, 0.15) is 17.8 Å². The van der Waals surface area contributed by atoms with Crippen LogP contribution in [-0.4, -0.2) is 21.9 Å². The van der Waals surface area contributed by atoms with E-state index in [-0.39, 0.29) is 5.91 Å². The third-order valence-corrected chi connectivity index (χ3v) is 3.14. The summed E-state index contributed by atoms with van der Waals surface area (Å²) in [5.41, 5.74) is 1.17. The second-order valence-electron chi connectivity index (χ2n) is 4.67. The molecule has 0 spiro atoms. The number of hydrogen-bond acceptors (Lipinski definition) is 4. The first-order valence-electron chi connectivity index (χ1n) is 6.36. The second-order valence-corrected chi connectivity index (χ2v) is 5.11. The fourth-order valence-corrected chi connectivity index (χ4v) is 1.94. The maximum absolute atomic E-state index is 11.9. The van der Waals surface area contributed by atoms with Crippen LogP contribution in [0.15, 0.2) is 36.7 Å². The number of aromatic nitrogens is 2. The average Bonchev–Trinajstić information content (AvgIpc) is 3.23. The monoisotopic (exact) mass is 288 g/mol. The third-order valence-electron chi connectivity index (χ3n) is 2.91. The van der Waals surface area contributed by atoms with Gasteiger partial charge in [0.25, 0.3) is 5.91 Å². The molecule has 1 aromatic carbocycles. The van der Waals surface area contributed by atoms with Crippen LogP contribution in [0.5, 0.6) is 0 Å². The van der Waals surface area contributed by atoms with Crippen molar-refractivity contribution in [3.05, 3.63) is 47.4 Å². The van der Waals surface area contributed by atoms with E-state index in [1.165, 1.54) is 6.33 Å². The van der Waals surface area contributed by atoms with Crippen LogP contribution in [0.3, 0.4) is 0 Å². The molecule has 2 N–H and O–H groups in total. The van der Waals surface area contributed by atoms with Gasteiger partial charge in [-0.2, -0.15) is 0 Å². The molecule has 5 nitrogen and oxygen atoms in total. The summed E-state index contributed by atoms with van der Waals surface area (Å²) in [4.78, 5) is 20.0. The number of carbonyl (C=O) groups is 1. The van der Waals surface area contributed by atoms with Crippen LogP contribution in [0, 0.1) is 0 Å². The smallest absolute Gasteiger partial charge is 0.270 e. The first-order chi connectivity index (χ1) is 9.70. The number of benzene rings is 1. The molecule has 0 radical (unpaired) electrons. The van der Waals surface area contributed by atoms with Crippen LogP contribution in [0.2, 0.25) is 5.02 Å². The maximum Gasteiger partial charge on any atom is 0.270 e. The van der Waals surface area contributed by atoms with Gasteiger partial charge in [-0.25, -0.2) is 9.97 Å². The van der Waals surface area contributed by atoms with Crippen molar-refractivity contribution in [2.45, 2.75) is 18.9 Å². The largest absolute Gasteiger partial charge is 0.348 e. The Bertz CT molecular complexity index is 643. The van der Waals surface area contributed by atoms with E-state index in [0.29, 0.717) is 22.6 Å². The van der Waals surface area contributed by atoms with Crippen molar-refractivity contribution in [2.24, 2.45) is 0 Å². The molecule has 1 heterocycles. The molecule has 0 saturated heterocycles. The molecule has 0 unspecified atom stereocenters. The Morgan fingerprint density at radius 1 is 1.25 bits per heavy atom. The Balaban J connectivity index is 1.75. The van der Waals surface area contributed by atoms with Crippen LogP contribution < -0.4 is 10.6 Å². The quantitative estimate of drug-likeness (QED) is 0.908. The summed E-state index contributed by atoms with van der Waals surface area (Å²) in [7, 11) is 0. The summed E-state index contributed by atoms with van der Waals surface area (Å²) in [5.74, 6) is 0.396. The lowest BCUT2D eigenvalue weighted by Crippen LogP contribution is -2.26. The molecule has 0 bridgehead atoms. The molecule has 1 aliphatic carbocycles. The van der Waals surface area contributed by atoms with Gasteiger partial charge < -0.3 is 10.6 Å². The molecule has 1 saturated carbocycles. The van der Waals surface area contributed by atoms with Gasteiger partial charge in [0.15, 0.2) is 0 Å². The average molecular weight is 289 g/mol. The molecular weight excluding hydrogens is 276 g/mol. The lowest BCUT2D eigenvalue weighted by atomic mass is 10.3. The number of nitrogens with one attached hydrogen (secondary N) is 2. The van der Waals surface area contributed by atoms with Crippen molar-refractivity contribution in [3.8, 4) is 0 Å². The standard InChI is InChI=1S/C14H13ClN4O/c15-9-2-1-3-11(6-9)18-13-7-12(16-8-17-13)14(20)19-10-4-5-10/h1-3,6-8,10H,4-5H2,(H,19,20)(H,16,17,18). The Hall–Kier alpha value is -2.14. The number of amides is 1. The summed E-state index contributed by atoms with van der Waals surface area (Å²) in [5, 5.41) is 6.62. The van der Waals surface area contributed by atoms with Crippen molar-refractivity contribution >= 4 is 29.0 Å². The summed E-state index contributed by atoms with van der Waals surface area (Å²) < 4.78 is 0. The van der Waals surface area contributed by atoms with Crippen molar-refractivity contribution in [1.29, 1.82) is 0 Å². The lowest BCUT2D eigenvalue weighted by molar-refractivity contribution is 0.0946. The van der Waals surface area contributed by atoms with E-state index in [4.69, 9.17) is 11.6 Å². The normalized spacial score (nSPS) is 13.8. The summed E-state index contributed by atoms with van der Waals surface area (Å²) in [6, 6.07) is 9.22. The molecule has 0 aliphatic heterocycles. The molecular formula is C14H13ClN4O. The van der Waals surface area contributed by atoms with Crippen LogP contribution in [-0.2, 0) is 0 Å². The summed E-state index contributed by atoms with van der Waals surface area (Å²) in [6.07, 6.45) is 3.46. The minimum Gasteiger partial charge on any atom is -0.348 e. The van der Waals surface area contributed by atoms with Gasteiger partial charge in [0, 0.05) is 22.8 Å². The van der Waals surface area contributed by atoms with E-state index >= 15 is 0 Å². The number of halogens is 1. The van der Waals surface area contributed by atoms with Gasteiger partial charge in [-0.15, -0.1) is 0 Å². The minimum atomic E-state index is -0.163. The van der Waals surface area contributed by atoms with E-state index < -0.39 is 0 Å². The predicted octanol–water partition coefficient (Wildman–Crippen LogP) is 2.77. The lowest BCUT2D eigenvalue weighted by Gasteiger charge is -2.07. The van der Waals surface area contributed by atoms with Crippen molar-refractivity contribution in [3.63, 3.8) is 0 Å². The van der Waals surface area contributed by atoms with E-state index in [2.05, 4.69) is 20.6 Å². The first kappa shape index (κ1) is 12.9. The van der Waals surface area contributed by atoms with Crippen molar-refractivity contribution in [1.82, 2.24) is 15.3 Å². The maximum atomic E-state index is 11.9. The first-order valence-corrected chi connectivity index (χ1v) is 6.74. The predicted molar refractivity (Wildman–Crippen MR) is 77.3 cm³/mol. The Labute approximate surface area is 121 Å². The van der Waals surface area contributed by atoms with Crippen LogP contribution in [0.4, 0.5) is 11.5 Å². The zero-order valence-electron chi connectivity index (χ0n) is 10.6. The molecule has 1 aromatic heterocycles. The van der Waals surface area contributed by atoms with Gasteiger partial charge in [0.2, 0.25) is 0 Å². The Morgan fingerprint density at radius 2 is 2.10 bits per heavy atom. The number of hydrogen-bond donors (Lipinski definition) is 2. The van der Waals surface area contributed by atoms with Crippen LogP contribution in [0.1, 0.15) is 23.3 Å². The molecule has 2 aromatic rings. The number of rotatable bonds is 4. The van der Waals surface area contributed by atoms with Gasteiger partial charge in [-0.1, -0.05) is 17.7 Å². The van der Waals surface area contributed by atoms with Crippen LogP contribution in [0.25, 0.3) is 0 Å². The molecule has 1 fully saturated rings. The van der Waals surface area contributed by atoms with Crippen molar-refractivity contribution < 1.29 is 4.79 Å². The summed E-state index contributed by atoms with van der Waals surface area (Å²) >= 11 is 5.92. The SMILES string of the molecule is O=C(NC1CC1)c1cc(Nc2cccc(Cl)c2)ncn1. The van der Waals surface area contributed by atoms with Crippen molar-refractivity contribution in [2.75, 3.05) is 5.32 Å². The highest BCUT2D eigenvalue weighted by atomic mass is 35.5. The number of carbonyl (C=O) groups excluding carboxylic acids is 1. The Kier molecular flexibility index (Phi) is 3.52. The highest BCUT2D eigenvalue weighted by Gasteiger charge is 2.24. The van der Waals surface area contributed by atoms with Gasteiger partial charge in [-0.05, 0) is 31.0 Å². The van der Waals surface area contributed by atoms with E-state index in [1.54, 1.807) is 18.2 Å². The van der Waals surface area contributed by atoms with E-state index in [1.807, 2.05) is 12.1 Å². The molecule has 102 valence electrons. The molecule has 1 aliphatic rings. The zero-order chi connectivity index (χ0) is 13.9. The van der Waals surface area contributed by atoms with Gasteiger partial charge in [-0.3, -0.25) is 4.79 Å². The summed E-state index contributed by atoms with van der Waals surface area (Å²) in [6.45, 7) is 0. The number of anilines is 2. The van der Waals surface area contributed by atoms with E-state index in [9.17, 15) is 4.79 Å². The fraction of sp³-hybridized carbons (Fsp3) is 0.214. The highest BCUT2D eigenvalue weighted by Crippen LogP contribution is 2.20. The molecule has 3 rings (SSSR count). The topological polar surface area (TPSA) is 66.9 Å². The molecule has 6 heteroatoms. The third kappa shape index (κ3) is 3.24. The zero-order valence-corrected chi connectivity index (χ0v) is 11.4. The second kappa shape index (κ2) is 5.46. The van der Waals surface area contributed by atoms with Crippen LogP contribution >= 0.6 is 11.6 Å². The highest BCUT2D eigenvalue weighted by molar-refractivity contribution is 6.30. The number of nitrogens with zero attached hydrogens (tertiary/aromatic N) is 2.